The maximum atomic E-state index is 4.55. The molecule has 0 fully saturated rings. The molecule has 0 aliphatic heterocycles. The second kappa shape index (κ2) is 18.4. The Balaban J connectivity index is 0.978. The highest BCUT2D eigenvalue weighted by Crippen LogP contribution is 2.48. The maximum absolute atomic E-state index is 4.55. The van der Waals surface area contributed by atoms with Crippen LogP contribution in [0.5, 0.6) is 0 Å². The van der Waals surface area contributed by atoms with E-state index in [2.05, 4.69) is 272 Å². The Kier molecular flexibility index (Phi) is 11.0. The van der Waals surface area contributed by atoms with E-state index in [9.17, 15) is 0 Å². The highest BCUT2D eigenvalue weighted by Gasteiger charge is 2.22. The Bertz CT molecular complexity index is 4090. The molecule has 1 heteroatoms. The number of rotatable bonds is 10. The van der Waals surface area contributed by atoms with Gasteiger partial charge in [-0.05, 0) is 170 Å². The highest BCUT2D eigenvalue weighted by molar-refractivity contribution is 6.22. The van der Waals surface area contributed by atoms with Gasteiger partial charge in [-0.1, -0.05) is 231 Å². The number of hydrogen-bond acceptors (Lipinski definition) is 1. The Morgan fingerprint density at radius 3 is 1.51 bits per heavy atom. The molecule has 1 aliphatic rings. The van der Waals surface area contributed by atoms with E-state index in [1.54, 1.807) is 0 Å². The molecule has 0 saturated carbocycles. The van der Waals surface area contributed by atoms with Crippen molar-refractivity contribution in [2.24, 2.45) is 0 Å². The van der Waals surface area contributed by atoms with Gasteiger partial charge in [0, 0.05) is 17.9 Å². The van der Waals surface area contributed by atoms with Crippen LogP contribution in [0.2, 0.25) is 0 Å². The molecule has 0 N–H and O–H groups in total. The van der Waals surface area contributed by atoms with Gasteiger partial charge >= 0.3 is 0 Å². The zero-order valence-corrected chi connectivity index (χ0v) is 40.1. The summed E-state index contributed by atoms with van der Waals surface area (Å²) in [6.07, 6.45) is 13.6. The molecule has 0 aromatic heterocycles. The molecule has 340 valence electrons. The smallest absolute Gasteiger partial charge is 0.0419 e. The van der Waals surface area contributed by atoms with E-state index >= 15 is 0 Å². The van der Waals surface area contributed by atoms with Gasteiger partial charge in [-0.3, -0.25) is 0 Å². The topological polar surface area (TPSA) is 3.24 Å². The first-order valence-corrected chi connectivity index (χ1v) is 25.2. The molecular weight excluding hydrogens is 867 g/mol. The highest BCUT2D eigenvalue weighted by atomic mass is 15.1. The van der Waals surface area contributed by atoms with Crippen LogP contribution in [0.15, 0.2) is 249 Å². The van der Waals surface area contributed by atoms with E-state index in [0.717, 1.165) is 35.3 Å². The molecule has 12 aromatic carbocycles. The fourth-order valence-electron chi connectivity index (χ4n) is 11.7. The fraction of sp³-hybridized carbons (Fsp3) is 0.0423. The first kappa shape index (κ1) is 43.0. The van der Waals surface area contributed by atoms with Crippen LogP contribution in [0.25, 0.3) is 117 Å². The molecular formula is C71H51N. The third-order valence-electron chi connectivity index (χ3n) is 14.9. The first-order chi connectivity index (χ1) is 35.7. The molecule has 0 radical (unpaired) electrons. The van der Waals surface area contributed by atoms with Crippen molar-refractivity contribution in [1.82, 2.24) is 0 Å². The number of aryl methyl sites for hydroxylation is 1. The number of hydrogen-bond donors (Lipinski definition) is 0. The summed E-state index contributed by atoms with van der Waals surface area (Å²) in [5.74, 6) is 0. The molecule has 13 rings (SSSR count). The standard InChI is InChI=1S/C71H51N/c1-2-58-60(70(55-43-41-49-22-7-9-25-52(49)46-55)63-33-13-12-32-62(63)68(58)54-42-40-48-21-6-8-24-51(48)45-54)39-20-44-72(56-28-4-3-5-29-56)57-30-18-27-53(47-57)69-64-34-14-16-36-66(64)71(67-37-17-15-35-65(67)69)61-38-19-26-50-23-10-11-31-59(50)61/h2-9,11-22,24-43,45-47H,1,10,23,44H2/b39-20-. The van der Waals surface area contributed by atoms with Gasteiger partial charge < -0.3 is 4.90 Å². The fourth-order valence-corrected chi connectivity index (χ4v) is 11.7. The molecule has 0 amide bonds. The van der Waals surface area contributed by atoms with Gasteiger partial charge in [0.2, 0.25) is 0 Å². The molecule has 0 atom stereocenters. The molecule has 1 nitrogen and oxygen atoms in total. The van der Waals surface area contributed by atoms with Crippen LogP contribution < -0.4 is 4.90 Å². The molecule has 0 unspecified atom stereocenters. The molecule has 0 heterocycles. The van der Waals surface area contributed by atoms with Crippen LogP contribution in [-0.4, -0.2) is 6.54 Å². The minimum atomic E-state index is 0.631. The van der Waals surface area contributed by atoms with Gasteiger partial charge in [0.1, 0.15) is 0 Å². The molecule has 1 aliphatic carbocycles. The van der Waals surface area contributed by atoms with Crippen LogP contribution in [0.1, 0.15) is 28.7 Å². The van der Waals surface area contributed by atoms with Crippen molar-refractivity contribution < 1.29 is 0 Å². The van der Waals surface area contributed by atoms with E-state index in [4.69, 9.17) is 0 Å². The predicted octanol–water partition coefficient (Wildman–Crippen LogP) is 19.6. The number of anilines is 2. The lowest BCUT2D eigenvalue weighted by Gasteiger charge is -2.25. The number of fused-ring (bicyclic) bond motifs is 6. The van der Waals surface area contributed by atoms with E-state index in [-0.39, 0.29) is 0 Å². The van der Waals surface area contributed by atoms with Crippen molar-refractivity contribution in [3.63, 3.8) is 0 Å². The van der Waals surface area contributed by atoms with Crippen LogP contribution in [-0.2, 0) is 6.42 Å². The average molecular weight is 918 g/mol. The van der Waals surface area contributed by atoms with Crippen LogP contribution in [0, 0.1) is 0 Å². The van der Waals surface area contributed by atoms with E-state index in [0.29, 0.717) is 6.54 Å². The number of para-hydroxylation sites is 1. The van der Waals surface area contributed by atoms with Gasteiger partial charge in [-0.25, -0.2) is 0 Å². The van der Waals surface area contributed by atoms with Crippen molar-refractivity contribution in [2.45, 2.75) is 12.8 Å². The predicted molar refractivity (Wildman–Crippen MR) is 312 cm³/mol. The zero-order chi connectivity index (χ0) is 48.0. The number of benzene rings is 12. The average Bonchev–Trinajstić information content (AvgIpc) is 3.45. The summed E-state index contributed by atoms with van der Waals surface area (Å²) in [6, 6.07) is 84.8. The summed E-state index contributed by atoms with van der Waals surface area (Å²) in [6.45, 7) is 5.18. The Morgan fingerprint density at radius 1 is 0.403 bits per heavy atom. The van der Waals surface area contributed by atoms with Gasteiger partial charge in [0.15, 0.2) is 0 Å². The quantitative estimate of drug-likeness (QED) is 0.124. The lowest BCUT2D eigenvalue weighted by atomic mass is 9.82. The Morgan fingerprint density at radius 2 is 0.903 bits per heavy atom. The second-order valence-corrected chi connectivity index (χ2v) is 19.0. The summed E-state index contributed by atoms with van der Waals surface area (Å²) in [7, 11) is 0. The third-order valence-corrected chi connectivity index (χ3v) is 14.9. The molecule has 12 aromatic rings. The normalized spacial score (nSPS) is 12.3. The van der Waals surface area contributed by atoms with Crippen LogP contribution in [0.4, 0.5) is 11.4 Å². The summed E-state index contributed by atoms with van der Waals surface area (Å²) in [5, 5.41) is 12.4. The summed E-state index contributed by atoms with van der Waals surface area (Å²) in [5.41, 5.74) is 17.1. The first-order valence-electron chi connectivity index (χ1n) is 25.2. The Hall–Kier alpha value is -9.04. The SMILES string of the molecule is C=Cc1c(/C=C\CN(c2ccccc2)c2cccc(-c3c4ccccc4c(-c4cccc5c4C=CCC5)c4ccccc34)c2)c(-c2ccc3ccccc3c2)c2ccccc2c1-c1ccc2ccccc2c1. The van der Waals surface area contributed by atoms with E-state index < -0.39 is 0 Å². The van der Waals surface area contributed by atoms with Crippen molar-refractivity contribution in [1.29, 1.82) is 0 Å². The summed E-state index contributed by atoms with van der Waals surface area (Å²) < 4.78 is 0. The summed E-state index contributed by atoms with van der Waals surface area (Å²) >= 11 is 0. The molecule has 0 bridgehead atoms. The lowest BCUT2D eigenvalue weighted by Crippen LogP contribution is -2.16. The van der Waals surface area contributed by atoms with E-state index in [1.807, 2.05) is 0 Å². The number of nitrogens with zero attached hydrogens (tertiary/aromatic N) is 1. The van der Waals surface area contributed by atoms with Crippen LogP contribution in [0.3, 0.4) is 0 Å². The molecule has 0 spiro atoms. The van der Waals surface area contributed by atoms with Crippen molar-refractivity contribution in [2.75, 3.05) is 11.4 Å². The Labute approximate surface area is 421 Å². The lowest BCUT2D eigenvalue weighted by molar-refractivity contribution is 0.987. The minimum absolute atomic E-state index is 0.631. The minimum Gasteiger partial charge on any atom is -0.338 e. The van der Waals surface area contributed by atoms with Gasteiger partial charge in [0.05, 0.1) is 0 Å². The maximum Gasteiger partial charge on any atom is 0.0419 e. The van der Waals surface area contributed by atoms with Crippen LogP contribution >= 0.6 is 0 Å². The van der Waals surface area contributed by atoms with Gasteiger partial charge in [-0.15, -0.1) is 0 Å². The van der Waals surface area contributed by atoms with Crippen molar-refractivity contribution in [3.8, 4) is 44.5 Å². The number of allylic oxidation sites excluding steroid dienone is 1. The monoisotopic (exact) mass is 917 g/mol. The molecule has 0 saturated heterocycles. The third kappa shape index (κ3) is 7.50. The van der Waals surface area contributed by atoms with Crippen molar-refractivity contribution in [3.05, 3.63) is 272 Å². The second-order valence-electron chi connectivity index (χ2n) is 19.0. The summed E-state index contributed by atoms with van der Waals surface area (Å²) in [4.78, 5) is 2.44. The van der Waals surface area contributed by atoms with E-state index in [1.165, 1.54) is 109 Å². The molecule has 72 heavy (non-hydrogen) atoms. The van der Waals surface area contributed by atoms with Gasteiger partial charge in [0.25, 0.3) is 0 Å². The van der Waals surface area contributed by atoms with Crippen molar-refractivity contribution >= 4 is 83.5 Å². The largest absolute Gasteiger partial charge is 0.338 e. The zero-order valence-electron chi connectivity index (χ0n) is 40.1. The van der Waals surface area contributed by atoms with Gasteiger partial charge in [-0.2, -0.15) is 0 Å².